The maximum absolute atomic E-state index is 4.42. The van der Waals surface area contributed by atoms with Crippen LogP contribution in [0.1, 0.15) is 43.5 Å². The second-order valence-corrected chi connectivity index (χ2v) is 6.86. The number of nitrogens with one attached hydrogen (secondary N) is 1. The largest absolute Gasteiger partial charge is 0.361 e. The van der Waals surface area contributed by atoms with Gasteiger partial charge in [-0.15, -0.1) is 10.2 Å². The van der Waals surface area contributed by atoms with E-state index >= 15 is 0 Å². The molecule has 24 heavy (non-hydrogen) atoms. The monoisotopic (exact) mass is 323 g/mol. The van der Waals surface area contributed by atoms with Crippen molar-refractivity contribution in [1.82, 2.24) is 24.6 Å². The third-order valence-electron chi connectivity index (χ3n) is 5.01. The molecule has 1 aliphatic rings. The average molecular weight is 323 g/mol. The summed E-state index contributed by atoms with van der Waals surface area (Å²) in [6.07, 6.45) is 7.46. The number of H-pyrrole nitrogens is 1. The smallest absolute Gasteiger partial charge is 0.137 e. The van der Waals surface area contributed by atoms with Gasteiger partial charge in [0, 0.05) is 37.3 Å². The first-order valence-electron chi connectivity index (χ1n) is 8.99. The summed E-state index contributed by atoms with van der Waals surface area (Å²) in [7, 11) is 0. The zero-order chi connectivity index (χ0) is 16.4. The molecule has 1 atom stereocenters. The van der Waals surface area contributed by atoms with Crippen molar-refractivity contribution in [2.75, 3.05) is 13.1 Å². The molecule has 2 aromatic heterocycles. The van der Waals surface area contributed by atoms with Crippen LogP contribution in [0.25, 0.3) is 10.9 Å². The van der Waals surface area contributed by atoms with Gasteiger partial charge in [0.2, 0.25) is 0 Å². The first kappa shape index (κ1) is 15.4. The Morgan fingerprint density at radius 2 is 2.25 bits per heavy atom. The summed E-state index contributed by atoms with van der Waals surface area (Å²) in [6.45, 7) is 6.47. The zero-order valence-corrected chi connectivity index (χ0v) is 14.3. The molecule has 4 rings (SSSR count). The van der Waals surface area contributed by atoms with Crippen molar-refractivity contribution in [2.45, 2.75) is 45.2 Å². The van der Waals surface area contributed by atoms with Gasteiger partial charge in [-0.1, -0.05) is 19.1 Å². The number of aryl methyl sites for hydroxylation is 1. The number of piperidine rings is 1. The average Bonchev–Trinajstić information content (AvgIpc) is 3.24. The molecule has 0 spiro atoms. The van der Waals surface area contributed by atoms with Crippen LogP contribution in [0.15, 0.2) is 36.8 Å². The maximum Gasteiger partial charge on any atom is 0.137 e. The number of fused-ring (bicyclic) bond motifs is 1. The van der Waals surface area contributed by atoms with Gasteiger partial charge in [0.05, 0.1) is 0 Å². The Kier molecular flexibility index (Phi) is 4.34. The van der Waals surface area contributed by atoms with Gasteiger partial charge in [-0.25, -0.2) is 0 Å². The van der Waals surface area contributed by atoms with Crippen LogP contribution in [0.3, 0.4) is 0 Å². The molecule has 5 nitrogen and oxygen atoms in total. The second kappa shape index (κ2) is 6.77. The summed E-state index contributed by atoms with van der Waals surface area (Å²) in [5.74, 6) is 1.67. The molecule has 3 heterocycles. The van der Waals surface area contributed by atoms with Crippen molar-refractivity contribution in [3.05, 3.63) is 48.2 Å². The fourth-order valence-corrected chi connectivity index (χ4v) is 3.85. The summed E-state index contributed by atoms with van der Waals surface area (Å²) < 4.78 is 2.24. The Hall–Kier alpha value is -2.14. The number of hydrogen-bond acceptors (Lipinski definition) is 3. The highest BCUT2D eigenvalue weighted by Crippen LogP contribution is 2.27. The summed E-state index contributed by atoms with van der Waals surface area (Å²) in [6, 6.07) is 8.86. The highest BCUT2D eigenvalue weighted by Gasteiger charge is 2.25. The SMILES string of the molecule is CCCn1cnnc1C1CCCN(Cc2ccc3cc[nH]c3c2)C1. The Morgan fingerprint density at radius 3 is 3.17 bits per heavy atom. The number of hydrogen-bond donors (Lipinski definition) is 1. The minimum atomic E-state index is 0.502. The molecule has 0 radical (unpaired) electrons. The van der Waals surface area contributed by atoms with Crippen LogP contribution in [-0.4, -0.2) is 37.7 Å². The molecule has 1 aromatic carbocycles. The standard InChI is InChI=1S/C19H25N5/c1-2-9-24-14-21-22-19(24)17-4-3-10-23(13-17)12-15-5-6-16-7-8-20-18(16)11-15/h5-8,11,14,17,20H,2-4,9-10,12-13H2,1H3. The molecule has 1 fully saturated rings. The van der Waals surface area contributed by atoms with Crippen molar-refractivity contribution in [3.63, 3.8) is 0 Å². The molecule has 3 aromatic rings. The van der Waals surface area contributed by atoms with Crippen LogP contribution in [0, 0.1) is 0 Å². The van der Waals surface area contributed by atoms with Gasteiger partial charge in [-0.2, -0.15) is 0 Å². The lowest BCUT2D eigenvalue weighted by Gasteiger charge is -2.32. The number of rotatable bonds is 5. The van der Waals surface area contributed by atoms with Crippen molar-refractivity contribution in [2.24, 2.45) is 0 Å². The van der Waals surface area contributed by atoms with E-state index in [-0.39, 0.29) is 0 Å². The maximum atomic E-state index is 4.42. The zero-order valence-electron chi connectivity index (χ0n) is 14.3. The van der Waals surface area contributed by atoms with Crippen LogP contribution in [0.4, 0.5) is 0 Å². The van der Waals surface area contributed by atoms with E-state index in [2.05, 4.69) is 55.8 Å². The second-order valence-electron chi connectivity index (χ2n) is 6.86. The van der Waals surface area contributed by atoms with E-state index < -0.39 is 0 Å². The fraction of sp³-hybridized carbons (Fsp3) is 0.474. The van der Waals surface area contributed by atoms with Crippen molar-refractivity contribution < 1.29 is 0 Å². The van der Waals surface area contributed by atoms with Crippen LogP contribution < -0.4 is 0 Å². The van der Waals surface area contributed by atoms with Gasteiger partial charge in [0.15, 0.2) is 0 Å². The van der Waals surface area contributed by atoms with Gasteiger partial charge in [-0.05, 0) is 48.9 Å². The molecule has 0 saturated carbocycles. The number of aromatic nitrogens is 4. The molecule has 0 bridgehead atoms. The van der Waals surface area contributed by atoms with Gasteiger partial charge in [0.25, 0.3) is 0 Å². The van der Waals surface area contributed by atoms with E-state index in [9.17, 15) is 0 Å². The van der Waals surface area contributed by atoms with Gasteiger partial charge >= 0.3 is 0 Å². The Balaban J connectivity index is 1.47. The number of aromatic amines is 1. The topological polar surface area (TPSA) is 49.7 Å². The van der Waals surface area contributed by atoms with E-state index in [0.717, 1.165) is 26.1 Å². The first-order valence-corrected chi connectivity index (χ1v) is 8.99. The lowest BCUT2D eigenvalue weighted by Crippen LogP contribution is -2.35. The predicted octanol–water partition coefficient (Wildman–Crippen LogP) is 3.55. The lowest BCUT2D eigenvalue weighted by molar-refractivity contribution is 0.194. The van der Waals surface area contributed by atoms with Crippen molar-refractivity contribution >= 4 is 10.9 Å². The molecule has 1 N–H and O–H groups in total. The summed E-state index contributed by atoms with van der Waals surface area (Å²) in [5.41, 5.74) is 2.60. The molecule has 1 saturated heterocycles. The predicted molar refractivity (Wildman–Crippen MR) is 95.9 cm³/mol. The quantitative estimate of drug-likeness (QED) is 0.781. The highest BCUT2D eigenvalue weighted by atomic mass is 15.3. The van der Waals surface area contributed by atoms with E-state index in [4.69, 9.17) is 0 Å². The van der Waals surface area contributed by atoms with Gasteiger partial charge in [0.1, 0.15) is 12.2 Å². The highest BCUT2D eigenvalue weighted by molar-refractivity contribution is 5.79. The molecule has 5 heteroatoms. The van der Waals surface area contributed by atoms with Crippen molar-refractivity contribution in [1.29, 1.82) is 0 Å². The minimum Gasteiger partial charge on any atom is -0.361 e. The van der Waals surface area contributed by atoms with Gasteiger partial charge < -0.3 is 9.55 Å². The van der Waals surface area contributed by atoms with Crippen molar-refractivity contribution in [3.8, 4) is 0 Å². The number of nitrogens with zero attached hydrogens (tertiary/aromatic N) is 4. The van der Waals surface area contributed by atoms with E-state index in [1.807, 2.05) is 12.5 Å². The Bertz CT molecular complexity index is 803. The minimum absolute atomic E-state index is 0.502. The normalized spacial score (nSPS) is 19.1. The molecule has 1 aliphatic heterocycles. The van der Waals surface area contributed by atoms with E-state index in [1.54, 1.807) is 0 Å². The van der Waals surface area contributed by atoms with Gasteiger partial charge in [-0.3, -0.25) is 4.90 Å². The Morgan fingerprint density at radius 1 is 1.29 bits per heavy atom. The summed E-state index contributed by atoms with van der Waals surface area (Å²) in [4.78, 5) is 5.87. The number of likely N-dealkylation sites (tertiary alicyclic amines) is 1. The van der Waals surface area contributed by atoms with E-state index in [0.29, 0.717) is 5.92 Å². The number of benzene rings is 1. The fourth-order valence-electron chi connectivity index (χ4n) is 3.85. The molecule has 0 amide bonds. The molecule has 126 valence electrons. The first-order chi connectivity index (χ1) is 11.8. The summed E-state index contributed by atoms with van der Waals surface area (Å²) in [5, 5.41) is 9.84. The van der Waals surface area contributed by atoms with Crippen LogP contribution in [-0.2, 0) is 13.1 Å². The Labute approximate surface area is 142 Å². The third-order valence-corrected chi connectivity index (χ3v) is 5.01. The lowest BCUT2D eigenvalue weighted by atomic mass is 9.96. The molecule has 1 unspecified atom stereocenters. The summed E-state index contributed by atoms with van der Waals surface area (Å²) >= 11 is 0. The molecule has 0 aliphatic carbocycles. The molecular weight excluding hydrogens is 298 g/mol. The van der Waals surface area contributed by atoms with Crippen LogP contribution in [0.2, 0.25) is 0 Å². The van der Waals surface area contributed by atoms with Crippen LogP contribution in [0.5, 0.6) is 0 Å². The van der Waals surface area contributed by atoms with Crippen LogP contribution >= 0.6 is 0 Å². The third kappa shape index (κ3) is 3.08. The van der Waals surface area contributed by atoms with E-state index in [1.165, 1.54) is 41.7 Å². The molecular formula is C19H25N5.